The number of benzene rings is 2. The van der Waals surface area contributed by atoms with E-state index in [4.69, 9.17) is 5.11 Å². The molecular weight excluding hydrogens is 392 g/mol. The van der Waals surface area contributed by atoms with Crippen LogP contribution in [0.4, 0.5) is 5.82 Å². The summed E-state index contributed by atoms with van der Waals surface area (Å²) in [6.45, 7) is 0. The van der Waals surface area contributed by atoms with E-state index in [-0.39, 0.29) is 16.2 Å². The molecule has 2 N–H and O–H groups in total. The van der Waals surface area contributed by atoms with Crippen molar-refractivity contribution < 1.29 is 23.4 Å². The summed E-state index contributed by atoms with van der Waals surface area (Å²) < 4.78 is 26.5. The Balaban J connectivity index is 1.84. The molecule has 0 unspecified atom stereocenters. The second-order valence-corrected chi connectivity index (χ2v) is 7.94. The number of aromatic hydroxyl groups is 1. The van der Waals surface area contributed by atoms with Crippen molar-refractivity contribution in [2.24, 2.45) is 0 Å². The van der Waals surface area contributed by atoms with Gasteiger partial charge in [0.2, 0.25) is 0 Å². The van der Waals surface area contributed by atoms with Crippen molar-refractivity contribution in [1.82, 2.24) is 4.98 Å². The number of hydrogen-bond acceptors (Lipinski definition) is 5. The molecule has 1 heterocycles. The number of rotatable bonds is 4. The molecule has 3 rings (SSSR count). The second-order valence-electron chi connectivity index (χ2n) is 5.97. The maximum Gasteiger partial charge on any atom is 0.339 e. The van der Waals surface area contributed by atoms with E-state index in [1.54, 1.807) is 30.3 Å². The third-order valence-corrected chi connectivity index (χ3v) is 5.84. The smallest absolute Gasteiger partial charge is 0.339 e. The Hall–Kier alpha value is -3.83. The average molecular weight is 408 g/mol. The van der Waals surface area contributed by atoms with Crippen LogP contribution in [0.5, 0.6) is 5.75 Å². The third kappa shape index (κ3) is 4.36. The number of aromatic nitrogens is 1. The van der Waals surface area contributed by atoms with Gasteiger partial charge in [0, 0.05) is 24.4 Å². The minimum absolute atomic E-state index is 0.0917. The lowest BCUT2D eigenvalue weighted by Crippen LogP contribution is -2.27. The molecular formula is C21H16N2O5S. The standard InChI is InChI=1S/C21H16N2O5S/c1-23(20-4-2-3-13-22-20)29(27,28)17-10-7-15(8-11-17)5-6-16-9-12-19(24)18(14-16)21(25)26/h2-4,7-14,24H,1H3,(H,25,26). The highest BCUT2D eigenvalue weighted by Crippen LogP contribution is 2.20. The van der Waals surface area contributed by atoms with Crippen LogP contribution in [-0.4, -0.2) is 36.6 Å². The maximum atomic E-state index is 12.7. The van der Waals surface area contributed by atoms with Gasteiger partial charge in [-0.15, -0.1) is 0 Å². The molecule has 146 valence electrons. The van der Waals surface area contributed by atoms with Crippen LogP contribution in [0.3, 0.4) is 0 Å². The van der Waals surface area contributed by atoms with Crippen LogP contribution < -0.4 is 4.31 Å². The van der Waals surface area contributed by atoms with Gasteiger partial charge in [-0.05, 0) is 54.6 Å². The molecule has 8 heteroatoms. The molecule has 0 aliphatic carbocycles. The molecule has 2 aromatic carbocycles. The fourth-order valence-electron chi connectivity index (χ4n) is 2.46. The first-order chi connectivity index (χ1) is 13.8. The molecule has 3 aromatic rings. The van der Waals surface area contributed by atoms with Gasteiger partial charge in [-0.1, -0.05) is 17.9 Å². The largest absolute Gasteiger partial charge is 0.507 e. The average Bonchev–Trinajstić information content (AvgIpc) is 2.73. The molecule has 7 nitrogen and oxygen atoms in total. The number of aromatic carboxylic acids is 1. The first-order valence-corrected chi connectivity index (χ1v) is 9.81. The minimum Gasteiger partial charge on any atom is -0.507 e. The van der Waals surface area contributed by atoms with Crippen LogP contribution in [0, 0.1) is 11.8 Å². The molecule has 0 spiro atoms. The summed E-state index contributed by atoms with van der Waals surface area (Å²) in [5.74, 6) is 4.35. The lowest BCUT2D eigenvalue weighted by molar-refractivity contribution is 0.0693. The fraction of sp³-hybridized carbons (Fsp3) is 0.0476. The van der Waals surface area contributed by atoms with E-state index in [2.05, 4.69) is 16.8 Å². The van der Waals surface area contributed by atoms with Crippen LogP contribution in [0.15, 0.2) is 71.8 Å². The monoisotopic (exact) mass is 408 g/mol. The lowest BCUT2D eigenvalue weighted by atomic mass is 10.1. The van der Waals surface area contributed by atoms with Gasteiger partial charge < -0.3 is 10.2 Å². The van der Waals surface area contributed by atoms with Gasteiger partial charge in [0.25, 0.3) is 10.0 Å². The summed E-state index contributed by atoms with van der Waals surface area (Å²) in [5, 5.41) is 18.6. The highest BCUT2D eigenvalue weighted by Gasteiger charge is 2.21. The molecule has 0 saturated carbocycles. The quantitative estimate of drug-likeness (QED) is 0.643. The molecule has 0 aliphatic rings. The normalized spacial score (nSPS) is 10.7. The molecule has 0 amide bonds. The predicted octanol–water partition coefficient (Wildman–Crippen LogP) is 2.71. The Morgan fingerprint density at radius 3 is 2.28 bits per heavy atom. The lowest BCUT2D eigenvalue weighted by Gasteiger charge is -2.18. The molecule has 0 fully saturated rings. The second kappa shape index (κ2) is 8.04. The van der Waals surface area contributed by atoms with Crippen molar-refractivity contribution in [3.63, 3.8) is 0 Å². The van der Waals surface area contributed by atoms with Crippen LogP contribution in [-0.2, 0) is 10.0 Å². The van der Waals surface area contributed by atoms with Gasteiger partial charge in [-0.3, -0.25) is 4.31 Å². The van der Waals surface area contributed by atoms with Gasteiger partial charge in [0.1, 0.15) is 17.1 Å². The Bertz CT molecular complexity index is 1210. The zero-order valence-corrected chi connectivity index (χ0v) is 16.1. The fourth-order valence-corrected chi connectivity index (χ4v) is 3.61. The third-order valence-electron chi connectivity index (χ3n) is 4.06. The summed E-state index contributed by atoms with van der Waals surface area (Å²) in [6.07, 6.45) is 1.51. The zero-order chi connectivity index (χ0) is 21.0. The van der Waals surface area contributed by atoms with E-state index >= 15 is 0 Å². The van der Waals surface area contributed by atoms with E-state index in [9.17, 15) is 18.3 Å². The number of carboxylic acids is 1. The zero-order valence-electron chi connectivity index (χ0n) is 15.3. The van der Waals surface area contributed by atoms with Gasteiger partial charge in [-0.2, -0.15) is 0 Å². The first-order valence-electron chi connectivity index (χ1n) is 8.37. The van der Waals surface area contributed by atoms with Crippen molar-refractivity contribution >= 4 is 21.8 Å². The van der Waals surface area contributed by atoms with Crippen molar-refractivity contribution in [2.75, 3.05) is 11.4 Å². The van der Waals surface area contributed by atoms with Gasteiger partial charge in [0.05, 0.1) is 4.90 Å². The molecule has 29 heavy (non-hydrogen) atoms. The highest BCUT2D eigenvalue weighted by atomic mass is 32.2. The van der Waals surface area contributed by atoms with Crippen molar-refractivity contribution in [2.45, 2.75) is 4.90 Å². The minimum atomic E-state index is -3.77. The van der Waals surface area contributed by atoms with Gasteiger partial charge >= 0.3 is 5.97 Å². The summed E-state index contributed by atoms with van der Waals surface area (Å²) in [5.41, 5.74) is 0.719. The molecule has 0 atom stereocenters. The summed E-state index contributed by atoms with van der Waals surface area (Å²) in [4.78, 5) is 15.2. The maximum absolute atomic E-state index is 12.7. The van der Waals surface area contributed by atoms with Crippen molar-refractivity contribution in [1.29, 1.82) is 0 Å². The van der Waals surface area contributed by atoms with E-state index in [0.717, 1.165) is 4.31 Å². The van der Waals surface area contributed by atoms with Crippen LogP contribution in [0.1, 0.15) is 21.5 Å². The molecule has 0 saturated heterocycles. The number of nitrogens with zero attached hydrogens (tertiary/aromatic N) is 2. The van der Waals surface area contributed by atoms with Crippen LogP contribution in [0.2, 0.25) is 0 Å². The van der Waals surface area contributed by atoms with Crippen molar-refractivity contribution in [3.8, 4) is 17.6 Å². The number of phenols is 1. The SMILES string of the molecule is CN(c1ccccn1)S(=O)(=O)c1ccc(C#Cc2ccc(O)c(C(=O)O)c2)cc1. The molecule has 1 aromatic heterocycles. The van der Waals surface area contributed by atoms with E-state index in [1.165, 1.54) is 43.6 Å². The molecule has 0 aliphatic heterocycles. The number of carboxylic acid groups (broad SMARTS) is 1. The molecule has 0 radical (unpaired) electrons. The van der Waals surface area contributed by atoms with Crippen LogP contribution in [0.25, 0.3) is 0 Å². The summed E-state index contributed by atoms with van der Waals surface area (Å²) >= 11 is 0. The topological polar surface area (TPSA) is 108 Å². The van der Waals surface area contributed by atoms with Crippen molar-refractivity contribution in [3.05, 3.63) is 83.6 Å². The van der Waals surface area contributed by atoms with Gasteiger partial charge in [0.15, 0.2) is 0 Å². The highest BCUT2D eigenvalue weighted by molar-refractivity contribution is 7.92. The van der Waals surface area contributed by atoms with E-state index in [1.807, 2.05) is 0 Å². The molecule has 0 bridgehead atoms. The Morgan fingerprint density at radius 1 is 1.00 bits per heavy atom. The summed E-state index contributed by atoms with van der Waals surface area (Å²) in [6, 6.07) is 15.0. The number of carbonyl (C=O) groups is 1. The number of hydrogen-bond donors (Lipinski definition) is 2. The number of anilines is 1. The van der Waals surface area contributed by atoms with E-state index < -0.39 is 16.0 Å². The Morgan fingerprint density at radius 2 is 1.66 bits per heavy atom. The Labute approximate surface area is 167 Å². The predicted molar refractivity (Wildman–Crippen MR) is 107 cm³/mol. The Kier molecular flexibility index (Phi) is 5.52. The van der Waals surface area contributed by atoms with Gasteiger partial charge in [-0.25, -0.2) is 18.2 Å². The summed E-state index contributed by atoms with van der Waals surface area (Å²) in [7, 11) is -2.34. The van der Waals surface area contributed by atoms with E-state index in [0.29, 0.717) is 16.9 Å². The number of sulfonamides is 1. The van der Waals surface area contributed by atoms with Crippen LogP contribution >= 0.6 is 0 Å². The number of pyridine rings is 1. The first kappa shape index (κ1) is 19.9.